The summed E-state index contributed by atoms with van der Waals surface area (Å²) < 4.78 is 5.12. The van der Waals surface area contributed by atoms with Crippen molar-refractivity contribution in [3.05, 3.63) is 47.1 Å². The summed E-state index contributed by atoms with van der Waals surface area (Å²) in [6.45, 7) is 5.35. The van der Waals surface area contributed by atoms with Crippen molar-refractivity contribution >= 4 is 34.4 Å². The highest BCUT2D eigenvalue weighted by Crippen LogP contribution is 2.18. The maximum absolute atomic E-state index is 12.5. The van der Waals surface area contributed by atoms with Crippen molar-refractivity contribution < 1.29 is 14.3 Å². The number of amides is 2. The third kappa shape index (κ3) is 5.42. The maximum atomic E-state index is 12.5. The molecule has 0 atom stereocenters. The van der Waals surface area contributed by atoms with Crippen LogP contribution in [-0.4, -0.2) is 23.9 Å². The van der Waals surface area contributed by atoms with Gasteiger partial charge in [-0.3, -0.25) is 14.9 Å². The second kappa shape index (κ2) is 7.94. The van der Waals surface area contributed by atoms with Gasteiger partial charge in [0.15, 0.2) is 5.13 Å². The zero-order valence-corrected chi connectivity index (χ0v) is 15.4. The summed E-state index contributed by atoms with van der Waals surface area (Å²) in [5.41, 5.74) is 0.292. The van der Waals surface area contributed by atoms with E-state index in [1.165, 1.54) is 11.3 Å². The Hall–Kier alpha value is -2.67. The lowest BCUT2D eigenvalue weighted by Gasteiger charge is -2.19. The Morgan fingerprint density at radius 3 is 2.40 bits per heavy atom. The molecular weight excluding hydrogens is 338 g/mol. The third-order valence-electron chi connectivity index (χ3n) is 3.25. The number of aromatic nitrogens is 1. The largest absolute Gasteiger partial charge is 0.497 e. The molecule has 25 heavy (non-hydrogen) atoms. The lowest BCUT2D eigenvalue weighted by molar-refractivity contribution is -0.128. The number of hydrogen-bond acceptors (Lipinski definition) is 5. The fourth-order valence-electron chi connectivity index (χ4n) is 1.78. The Bertz CT molecular complexity index is 760. The average molecular weight is 359 g/mol. The van der Waals surface area contributed by atoms with Crippen molar-refractivity contribution in [2.45, 2.75) is 20.8 Å². The van der Waals surface area contributed by atoms with Crippen LogP contribution in [0.15, 0.2) is 41.5 Å². The molecule has 0 spiro atoms. The topological polar surface area (TPSA) is 80.3 Å². The molecule has 0 saturated carbocycles. The molecule has 0 fully saturated rings. The van der Waals surface area contributed by atoms with Gasteiger partial charge >= 0.3 is 0 Å². The van der Waals surface area contributed by atoms with Crippen molar-refractivity contribution in [3.63, 3.8) is 0 Å². The third-order valence-corrected chi connectivity index (χ3v) is 3.94. The molecule has 1 aromatic carbocycles. The Morgan fingerprint density at radius 2 is 1.88 bits per heavy atom. The first-order chi connectivity index (χ1) is 11.8. The molecule has 132 valence electrons. The lowest BCUT2D eigenvalue weighted by atomic mass is 9.95. The van der Waals surface area contributed by atoms with Crippen LogP contribution in [-0.2, 0) is 9.59 Å². The number of nitrogens with one attached hydrogen (secondary N) is 2. The highest BCUT2D eigenvalue weighted by Gasteiger charge is 2.24. The van der Waals surface area contributed by atoms with E-state index in [9.17, 15) is 9.59 Å². The van der Waals surface area contributed by atoms with Crippen LogP contribution in [0.3, 0.4) is 0 Å². The number of benzene rings is 1. The van der Waals surface area contributed by atoms with Crippen LogP contribution in [0.1, 0.15) is 26.3 Å². The number of carbonyl (C=O) groups is 2. The summed E-state index contributed by atoms with van der Waals surface area (Å²) >= 11 is 1.30. The first-order valence-corrected chi connectivity index (χ1v) is 8.55. The second-order valence-corrected chi connectivity index (χ2v) is 7.22. The fraction of sp³-hybridized carbons (Fsp3) is 0.278. The van der Waals surface area contributed by atoms with Gasteiger partial charge in [0.2, 0.25) is 5.91 Å². The number of carbonyl (C=O) groups excluding carboxylic acids is 2. The van der Waals surface area contributed by atoms with Crippen molar-refractivity contribution in [2.75, 3.05) is 12.4 Å². The molecule has 6 nitrogen and oxygen atoms in total. The monoisotopic (exact) mass is 359 g/mol. The first kappa shape index (κ1) is 18.7. The molecule has 0 aliphatic carbocycles. The number of ether oxygens (including phenoxy) is 1. The number of thiazole rings is 1. The van der Waals surface area contributed by atoms with Gasteiger partial charge in [-0.1, -0.05) is 32.9 Å². The Morgan fingerprint density at radius 1 is 1.20 bits per heavy atom. The molecule has 2 amide bonds. The van der Waals surface area contributed by atoms with Gasteiger partial charge in [0, 0.05) is 17.0 Å². The molecule has 7 heteroatoms. The molecule has 0 bridgehead atoms. The average Bonchev–Trinajstić information content (AvgIpc) is 3.06. The molecule has 0 radical (unpaired) electrons. The van der Waals surface area contributed by atoms with E-state index in [-0.39, 0.29) is 11.6 Å². The van der Waals surface area contributed by atoms with Crippen molar-refractivity contribution in [3.8, 4) is 5.75 Å². The van der Waals surface area contributed by atoms with Gasteiger partial charge in [-0.05, 0) is 23.8 Å². The Balaban J connectivity index is 2.27. The smallest absolute Gasteiger partial charge is 0.273 e. The number of nitrogens with zero attached hydrogens (tertiary/aromatic N) is 1. The van der Waals surface area contributed by atoms with Crippen LogP contribution < -0.4 is 15.4 Å². The van der Waals surface area contributed by atoms with Crippen LogP contribution in [0.2, 0.25) is 0 Å². The van der Waals surface area contributed by atoms with E-state index in [2.05, 4.69) is 15.6 Å². The molecule has 0 aliphatic rings. The summed E-state index contributed by atoms with van der Waals surface area (Å²) in [7, 11) is 1.58. The summed E-state index contributed by atoms with van der Waals surface area (Å²) in [5.74, 6) is 0.0367. The molecule has 2 N–H and O–H groups in total. The SMILES string of the molecule is COc1ccc(/C=C(/NC(=O)C(C)(C)C)C(=O)Nc2nccs2)cc1. The van der Waals surface area contributed by atoms with Crippen LogP contribution in [0.4, 0.5) is 5.13 Å². The molecular formula is C18H21N3O3S. The van der Waals surface area contributed by atoms with Gasteiger partial charge in [-0.15, -0.1) is 11.3 Å². The molecule has 1 heterocycles. The van der Waals surface area contributed by atoms with Crippen LogP contribution in [0.25, 0.3) is 6.08 Å². The van der Waals surface area contributed by atoms with E-state index in [1.807, 2.05) is 0 Å². The quantitative estimate of drug-likeness (QED) is 0.803. The van der Waals surface area contributed by atoms with Crippen molar-refractivity contribution in [1.82, 2.24) is 10.3 Å². The normalized spacial score (nSPS) is 11.8. The van der Waals surface area contributed by atoms with Gasteiger partial charge in [0.25, 0.3) is 5.91 Å². The van der Waals surface area contributed by atoms with Crippen molar-refractivity contribution in [2.24, 2.45) is 5.41 Å². The fourth-order valence-corrected chi connectivity index (χ4v) is 2.31. The van der Waals surface area contributed by atoms with E-state index in [4.69, 9.17) is 4.74 Å². The van der Waals surface area contributed by atoms with Crippen molar-refractivity contribution in [1.29, 1.82) is 0 Å². The van der Waals surface area contributed by atoms with Crippen LogP contribution >= 0.6 is 11.3 Å². The maximum Gasteiger partial charge on any atom is 0.273 e. The van der Waals surface area contributed by atoms with Crippen LogP contribution in [0, 0.1) is 5.41 Å². The van der Waals surface area contributed by atoms with E-state index < -0.39 is 11.3 Å². The number of methoxy groups -OCH3 is 1. The standard InChI is InChI=1S/C18H21N3O3S/c1-18(2,3)16(23)20-14(15(22)21-17-19-9-10-25-17)11-12-5-7-13(24-4)8-6-12/h5-11H,1-4H3,(H,20,23)(H,19,21,22)/b14-11+. The Labute approximate surface area is 150 Å². The zero-order valence-electron chi connectivity index (χ0n) is 14.6. The predicted molar refractivity (Wildman–Crippen MR) is 99.3 cm³/mol. The molecule has 2 aromatic rings. The second-order valence-electron chi connectivity index (χ2n) is 6.33. The minimum atomic E-state index is -0.625. The number of rotatable bonds is 5. The molecule has 2 rings (SSSR count). The molecule has 1 aromatic heterocycles. The van der Waals surface area contributed by atoms with E-state index in [0.29, 0.717) is 10.9 Å². The number of hydrogen-bond donors (Lipinski definition) is 2. The summed E-state index contributed by atoms with van der Waals surface area (Å²) in [6, 6.07) is 7.18. The molecule has 0 aliphatic heterocycles. The van der Waals surface area contributed by atoms with Gasteiger partial charge in [-0.2, -0.15) is 0 Å². The highest BCUT2D eigenvalue weighted by molar-refractivity contribution is 7.13. The summed E-state index contributed by atoms with van der Waals surface area (Å²) in [5, 5.41) is 7.61. The van der Waals surface area contributed by atoms with Gasteiger partial charge in [0.05, 0.1) is 7.11 Å². The lowest BCUT2D eigenvalue weighted by Crippen LogP contribution is -2.38. The Kier molecular flexibility index (Phi) is 5.93. The molecule has 0 unspecified atom stereocenters. The minimum absolute atomic E-state index is 0.153. The van der Waals surface area contributed by atoms with Crippen LogP contribution in [0.5, 0.6) is 5.75 Å². The first-order valence-electron chi connectivity index (χ1n) is 7.67. The molecule has 0 saturated heterocycles. The number of anilines is 1. The summed E-state index contributed by atoms with van der Waals surface area (Å²) in [4.78, 5) is 28.9. The van der Waals surface area contributed by atoms with Gasteiger partial charge in [0.1, 0.15) is 11.4 Å². The predicted octanol–water partition coefficient (Wildman–Crippen LogP) is 3.29. The van der Waals surface area contributed by atoms with E-state index >= 15 is 0 Å². The zero-order chi connectivity index (χ0) is 18.4. The van der Waals surface area contributed by atoms with E-state index in [0.717, 1.165) is 5.56 Å². The van der Waals surface area contributed by atoms with Gasteiger partial charge in [-0.25, -0.2) is 4.98 Å². The minimum Gasteiger partial charge on any atom is -0.497 e. The highest BCUT2D eigenvalue weighted by atomic mass is 32.1. The summed E-state index contributed by atoms with van der Waals surface area (Å²) in [6.07, 6.45) is 3.22. The van der Waals surface area contributed by atoms with Gasteiger partial charge < -0.3 is 10.1 Å². The van der Waals surface area contributed by atoms with E-state index in [1.54, 1.807) is 69.8 Å².